The van der Waals surface area contributed by atoms with Crippen molar-refractivity contribution in [1.82, 2.24) is 4.90 Å². The zero-order chi connectivity index (χ0) is 17.0. The van der Waals surface area contributed by atoms with Crippen LogP contribution in [0.3, 0.4) is 0 Å². The van der Waals surface area contributed by atoms with Crippen molar-refractivity contribution in [3.8, 4) is 0 Å². The number of halogens is 1. The SMILES string of the molecule is O=C(OCc1ccccc1)N1CCC(O)(c2ccc(Br)cc2)CC1. The molecule has 2 aromatic rings. The molecule has 0 atom stereocenters. The molecule has 1 N–H and O–H groups in total. The first-order chi connectivity index (χ1) is 11.6. The molecule has 0 aliphatic carbocycles. The number of carbonyl (C=O) groups is 1. The van der Waals surface area contributed by atoms with Crippen LogP contribution < -0.4 is 0 Å². The van der Waals surface area contributed by atoms with E-state index in [4.69, 9.17) is 4.74 Å². The Morgan fingerprint density at radius 1 is 1.08 bits per heavy atom. The van der Waals surface area contributed by atoms with Crippen LogP contribution in [0.4, 0.5) is 4.79 Å². The Labute approximate surface area is 150 Å². The summed E-state index contributed by atoms with van der Waals surface area (Å²) in [6, 6.07) is 17.3. The van der Waals surface area contributed by atoms with Gasteiger partial charge >= 0.3 is 6.09 Å². The largest absolute Gasteiger partial charge is 0.445 e. The lowest BCUT2D eigenvalue weighted by molar-refractivity contribution is -0.0255. The lowest BCUT2D eigenvalue weighted by atomic mass is 9.84. The highest BCUT2D eigenvalue weighted by molar-refractivity contribution is 9.10. The quantitative estimate of drug-likeness (QED) is 0.860. The molecular formula is C19H20BrNO3. The number of hydrogen-bond donors (Lipinski definition) is 1. The summed E-state index contributed by atoms with van der Waals surface area (Å²) in [5.74, 6) is 0. The second kappa shape index (κ2) is 7.36. The minimum Gasteiger partial charge on any atom is -0.445 e. The molecule has 126 valence electrons. The van der Waals surface area contributed by atoms with Gasteiger partial charge in [0.15, 0.2) is 0 Å². The van der Waals surface area contributed by atoms with Gasteiger partial charge in [-0.3, -0.25) is 0 Å². The first kappa shape index (κ1) is 17.0. The van der Waals surface area contributed by atoms with Crippen molar-refractivity contribution < 1.29 is 14.6 Å². The fourth-order valence-electron chi connectivity index (χ4n) is 2.92. The minimum atomic E-state index is -0.878. The number of carbonyl (C=O) groups excluding carboxylic acids is 1. The average molecular weight is 390 g/mol. The van der Waals surface area contributed by atoms with Gasteiger partial charge in [-0.25, -0.2) is 4.79 Å². The van der Waals surface area contributed by atoms with E-state index in [0.29, 0.717) is 25.9 Å². The van der Waals surface area contributed by atoms with Gasteiger partial charge in [0.1, 0.15) is 6.61 Å². The van der Waals surface area contributed by atoms with Gasteiger partial charge in [-0.2, -0.15) is 0 Å². The summed E-state index contributed by atoms with van der Waals surface area (Å²) in [7, 11) is 0. The second-order valence-electron chi connectivity index (χ2n) is 6.07. The summed E-state index contributed by atoms with van der Waals surface area (Å²) < 4.78 is 6.34. The van der Waals surface area contributed by atoms with Crippen LogP contribution in [-0.4, -0.2) is 29.2 Å². The highest BCUT2D eigenvalue weighted by Gasteiger charge is 2.35. The van der Waals surface area contributed by atoms with Crippen molar-refractivity contribution in [1.29, 1.82) is 0 Å². The maximum Gasteiger partial charge on any atom is 0.410 e. The van der Waals surface area contributed by atoms with Gasteiger partial charge in [0.25, 0.3) is 0 Å². The third kappa shape index (κ3) is 3.97. The van der Waals surface area contributed by atoms with Gasteiger partial charge in [0, 0.05) is 17.6 Å². The van der Waals surface area contributed by atoms with E-state index in [-0.39, 0.29) is 12.7 Å². The monoisotopic (exact) mass is 389 g/mol. The number of ether oxygens (including phenoxy) is 1. The second-order valence-corrected chi connectivity index (χ2v) is 6.98. The molecule has 1 saturated heterocycles. The Hall–Kier alpha value is -1.85. The average Bonchev–Trinajstić information content (AvgIpc) is 2.61. The molecule has 3 rings (SSSR count). The summed E-state index contributed by atoms with van der Waals surface area (Å²) in [6.45, 7) is 1.24. The smallest absolute Gasteiger partial charge is 0.410 e. The number of aliphatic hydroxyl groups is 1. The number of likely N-dealkylation sites (tertiary alicyclic amines) is 1. The van der Waals surface area contributed by atoms with Gasteiger partial charge in [-0.1, -0.05) is 58.4 Å². The standard InChI is InChI=1S/C19H20BrNO3/c20-17-8-6-16(7-9-17)19(23)10-12-21(13-11-19)18(22)24-14-15-4-2-1-3-5-15/h1-9,23H,10-14H2. The Balaban J connectivity index is 1.54. The Morgan fingerprint density at radius 2 is 1.71 bits per heavy atom. The summed E-state index contributed by atoms with van der Waals surface area (Å²) >= 11 is 3.40. The fourth-order valence-corrected chi connectivity index (χ4v) is 3.18. The number of nitrogens with zero attached hydrogens (tertiary/aromatic N) is 1. The summed E-state index contributed by atoms with van der Waals surface area (Å²) in [6.07, 6.45) is 0.696. The maximum atomic E-state index is 12.2. The summed E-state index contributed by atoms with van der Waals surface area (Å²) in [4.78, 5) is 13.8. The third-order valence-electron chi connectivity index (χ3n) is 4.44. The maximum absolute atomic E-state index is 12.2. The van der Waals surface area contributed by atoms with Crippen LogP contribution in [0, 0.1) is 0 Å². The van der Waals surface area contributed by atoms with Crippen molar-refractivity contribution in [3.63, 3.8) is 0 Å². The molecule has 0 saturated carbocycles. The highest BCUT2D eigenvalue weighted by Crippen LogP contribution is 2.33. The molecule has 1 amide bonds. The van der Waals surface area contributed by atoms with Gasteiger partial charge in [0.2, 0.25) is 0 Å². The van der Waals surface area contributed by atoms with Crippen molar-refractivity contribution >= 4 is 22.0 Å². The lowest BCUT2D eigenvalue weighted by Crippen LogP contribution is -2.45. The highest BCUT2D eigenvalue weighted by atomic mass is 79.9. The van der Waals surface area contributed by atoms with Gasteiger partial charge in [-0.05, 0) is 36.1 Å². The van der Waals surface area contributed by atoms with Gasteiger partial charge in [0.05, 0.1) is 5.60 Å². The first-order valence-electron chi connectivity index (χ1n) is 8.01. The van der Waals surface area contributed by atoms with Crippen LogP contribution in [-0.2, 0) is 16.9 Å². The molecule has 1 heterocycles. The Bertz CT molecular complexity index is 680. The third-order valence-corrected chi connectivity index (χ3v) is 4.96. The minimum absolute atomic E-state index is 0.271. The van der Waals surface area contributed by atoms with E-state index >= 15 is 0 Å². The molecule has 0 unspecified atom stereocenters. The fraction of sp³-hybridized carbons (Fsp3) is 0.316. The molecule has 1 fully saturated rings. The van der Waals surface area contributed by atoms with Crippen molar-refractivity contribution in [2.24, 2.45) is 0 Å². The molecule has 0 aromatic heterocycles. The van der Waals surface area contributed by atoms with E-state index in [0.717, 1.165) is 15.6 Å². The zero-order valence-corrected chi connectivity index (χ0v) is 14.9. The predicted molar refractivity (Wildman–Crippen MR) is 95.5 cm³/mol. The molecule has 4 nitrogen and oxygen atoms in total. The summed E-state index contributed by atoms with van der Waals surface area (Å²) in [5.41, 5.74) is 0.980. The zero-order valence-electron chi connectivity index (χ0n) is 13.3. The van der Waals surface area contributed by atoms with Gasteiger partial charge in [-0.15, -0.1) is 0 Å². The number of piperidine rings is 1. The molecule has 5 heteroatoms. The van der Waals surface area contributed by atoms with Crippen molar-refractivity contribution in [2.45, 2.75) is 25.0 Å². The van der Waals surface area contributed by atoms with Crippen LogP contribution >= 0.6 is 15.9 Å². The Kier molecular flexibility index (Phi) is 5.21. The van der Waals surface area contributed by atoms with E-state index < -0.39 is 5.60 Å². The number of amides is 1. The normalized spacial score (nSPS) is 16.7. The number of benzene rings is 2. The van der Waals surface area contributed by atoms with Crippen LogP contribution in [0.5, 0.6) is 0 Å². The Morgan fingerprint density at radius 3 is 2.33 bits per heavy atom. The molecule has 24 heavy (non-hydrogen) atoms. The molecule has 2 aromatic carbocycles. The lowest BCUT2D eigenvalue weighted by Gasteiger charge is -2.38. The van der Waals surface area contributed by atoms with E-state index in [1.165, 1.54) is 0 Å². The number of rotatable bonds is 3. The predicted octanol–water partition coefficient (Wildman–Crippen LogP) is 4.07. The van der Waals surface area contributed by atoms with Crippen molar-refractivity contribution in [3.05, 3.63) is 70.2 Å². The van der Waals surface area contributed by atoms with Crippen LogP contribution in [0.15, 0.2) is 59.1 Å². The molecule has 0 radical (unpaired) electrons. The molecule has 1 aliphatic rings. The molecule has 1 aliphatic heterocycles. The molecule has 0 bridgehead atoms. The van der Waals surface area contributed by atoms with E-state index in [2.05, 4.69) is 15.9 Å². The van der Waals surface area contributed by atoms with Gasteiger partial charge < -0.3 is 14.7 Å². The van der Waals surface area contributed by atoms with E-state index in [1.54, 1.807) is 4.90 Å². The summed E-state index contributed by atoms with van der Waals surface area (Å²) in [5, 5.41) is 10.8. The van der Waals surface area contributed by atoms with Crippen LogP contribution in [0.25, 0.3) is 0 Å². The first-order valence-corrected chi connectivity index (χ1v) is 8.80. The topological polar surface area (TPSA) is 49.8 Å². The molecular weight excluding hydrogens is 370 g/mol. The van der Waals surface area contributed by atoms with Crippen molar-refractivity contribution in [2.75, 3.05) is 13.1 Å². The van der Waals surface area contributed by atoms with Crippen LogP contribution in [0.2, 0.25) is 0 Å². The van der Waals surface area contributed by atoms with E-state index in [1.807, 2.05) is 54.6 Å². The van der Waals surface area contributed by atoms with E-state index in [9.17, 15) is 9.90 Å². The molecule has 0 spiro atoms. The number of hydrogen-bond acceptors (Lipinski definition) is 3. The van der Waals surface area contributed by atoms with Crippen LogP contribution in [0.1, 0.15) is 24.0 Å².